The molecule has 5 nitrogen and oxygen atoms in total. The summed E-state index contributed by atoms with van der Waals surface area (Å²) in [7, 11) is 0. The molecule has 5 heteroatoms. The summed E-state index contributed by atoms with van der Waals surface area (Å²) in [4.78, 5) is 4.28. The minimum atomic E-state index is -0.634. The first kappa shape index (κ1) is 9.06. The molecule has 2 heterocycles. The topological polar surface area (TPSA) is 68.2 Å². The molecule has 0 bridgehead atoms. The molecule has 0 unspecified atom stereocenters. The van der Waals surface area contributed by atoms with Crippen molar-refractivity contribution in [1.29, 1.82) is 0 Å². The van der Waals surface area contributed by atoms with Gasteiger partial charge in [0.2, 0.25) is 0 Å². The summed E-state index contributed by atoms with van der Waals surface area (Å²) in [5.74, 6) is 1.16. The first-order chi connectivity index (χ1) is 6.81. The number of fused-ring (bicyclic) bond motifs is 3. The van der Waals surface area contributed by atoms with Crippen LogP contribution < -0.4 is 0 Å². The summed E-state index contributed by atoms with van der Waals surface area (Å²) in [5, 5.41) is 18.2. The standard InChI is InChI=1S/C9H14O5/c10-8-4-1-5-7(6(4)2-12-8)3-13-9(5)14-11/h4-11H,1-3H2/t4-,5+,6+,7+,8-,9-/m0/s1. The molecule has 14 heavy (non-hydrogen) atoms. The summed E-state index contributed by atoms with van der Waals surface area (Å²) < 4.78 is 10.5. The Labute approximate surface area is 81.5 Å². The van der Waals surface area contributed by atoms with E-state index in [1.54, 1.807) is 0 Å². The van der Waals surface area contributed by atoms with Crippen molar-refractivity contribution in [2.24, 2.45) is 23.7 Å². The van der Waals surface area contributed by atoms with Gasteiger partial charge in [-0.15, -0.1) is 0 Å². The largest absolute Gasteiger partial charge is 0.368 e. The van der Waals surface area contributed by atoms with Crippen molar-refractivity contribution in [1.82, 2.24) is 0 Å². The fourth-order valence-corrected chi connectivity index (χ4v) is 3.21. The predicted molar refractivity (Wildman–Crippen MR) is 44.0 cm³/mol. The lowest BCUT2D eigenvalue weighted by atomic mass is 9.90. The van der Waals surface area contributed by atoms with E-state index >= 15 is 0 Å². The normalized spacial score (nSPS) is 56.1. The van der Waals surface area contributed by atoms with Crippen LogP contribution >= 0.6 is 0 Å². The van der Waals surface area contributed by atoms with Crippen LogP contribution in [-0.4, -0.2) is 36.2 Å². The van der Waals surface area contributed by atoms with Gasteiger partial charge in [0.1, 0.15) is 0 Å². The lowest BCUT2D eigenvalue weighted by Gasteiger charge is -2.15. The summed E-state index contributed by atoms with van der Waals surface area (Å²) in [5.41, 5.74) is 0. The molecule has 0 radical (unpaired) electrons. The summed E-state index contributed by atoms with van der Waals surface area (Å²) in [6, 6.07) is 0. The maximum atomic E-state index is 9.55. The van der Waals surface area contributed by atoms with E-state index in [4.69, 9.17) is 14.7 Å². The van der Waals surface area contributed by atoms with Crippen molar-refractivity contribution in [3.05, 3.63) is 0 Å². The number of hydrogen-bond donors (Lipinski definition) is 2. The minimum Gasteiger partial charge on any atom is -0.368 e. The molecular weight excluding hydrogens is 188 g/mol. The Hall–Kier alpha value is -0.200. The third kappa shape index (κ3) is 1.07. The summed E-state index contributed by atoms with van der Waals surface area (Å²) in [6.07, 6.45) is -0.315. The van der Waals surface area contributed by atoms with Gasteiger partial charge in [0.15, 0.2) is 12.6 Å². The van der Waals surface area contributed by atoms with Crippen LogP contribution in [0.4, 0.5) is 0 Å². The molecule has 3 rings (SSSR count). The molecular formula is C9H14O5. The molecule has 6 atom stereocenters. The highest BCUT2D eigenvalue weighted by molar-refractivity contribution is 4.98. The lowest BCUT2D eigenvalue weighted by molar-refractivity contribution is -0.345. The molecule has 3 fully saturated rings. The average Bonchev–Trinajstić information content (AvgIpc) is 2.78. The van der Waals surface area contributed by atoms with Gasteiger partial charge in [0, 0.05) is 11.8 Å². The molecule has 2 saturated heterocycles. The number of rotatable bonds is 1. The zero-order valence-corrected chi connectivity index (χ0v) is 7.70. The Kier molecular flexibility index (Phi) is 2.04. The highest BCUT2D eigenvalue weighted by atomic mass is 17.1. The summed E-state index contributed by atoms with van der Waals surface area (Å²) in [6.45, 7) is 1.21. The number of ether oxygens (including phenoxy) is 2. The zero-order chi connectivity index (χ0) is 9.71. The van der Waals surface area contributed by atoms with E-state index in [9.17, 15) is 5.11 Å². The van der Waals surface area contributed by atoms with Crippen LogP contribution in [0.5, 0.6) is 0 Å². The van der Waals surface area contributed by atoms with Crippen molar-refractivity contribution in [2.75, 3.05) is 13.2 Å². The van der Waals surface area contributed by atoms with Gasteiger partial charge in [-0.05, 0) is 18.3 Å². The number of aliphatic hydroxyl groups is 1. The lowest BCUT2D eigenvalue weighted by Crippen LogP contribution is -2.22. The van der Waals surface area contributed by atoms with Crippen LogP contribution in [-0.2, 0) is 14.4 Å². The molecule has 1 aliphatic carbocycles. The molecule has 3 aliphatic rings. The molecule has 2 N–H and O–H groups in total. The maximum absolute atomic E-state index is 9.55. The van der Waals surface area contributed by atoms with Crippen molar-refractivity contribution in [3.63, 3.8) is 0 Å². The predicted octanol–water partition coefficient (Wildman–Crippen LogP) is 0.0494. The van der Waals surface area contributed by atoms with Gasteiger partial charge in [-0.1, -0.05) is 0 Å². The Balaban J connectivity index is 1.79. The summed E-state index contributed by atoms with van der Waals surface area (Å²) >= 11 is 0. The fraction of sp³-hybridized carbons (Fsp3) is 1.00. The third-order valence-corrected chi connectivity index (χ3v) is 3.93. The van der Waals surface area contributed by atoms with Gasteiger partial charge in [-0.2, -0.15) is 0 Å². The Morgan fingerprint density at radius 1 is 1.00 bits per heavy atom. The average molecular weight is 202 g/mol. The fourth-order valence-electron chi connectivity index (χ4n) is 3.21. The van der Waals surface area contributed by atoms with Gasteiger partial charge in [-0.25, -0.2) is 10.1 Å². The molecule has 80 valence electrons. The SMILES string of the molecule is OO[C@@H]1OC[C@H]2[C@@H]3CO[C@H](O)[C@H]3C[C@@H]12. The minimum absolute atomic E-state index is 0.201. The van der Waals surface area contributed by atoms with Gasteiger partial charge in [0.25, 0.3) is 0 Å². The first-order valence-electron chi connectivity index (χ1n) is 5.02. The van der Waals surface area contributed by atoms with E-state index < -0.39 is 12.6 Å². The Bertz CT molecular complexity index is 233. The molecule has 0 amide bonds. The van der Waals surface area contributed by atoms with Crippen molar-refractivity contribution >= 4 is 0 Å². The number of hydrogen-bond acceptors (Lipinski definition) is 5. The van der Waals surface area contributed by atoms with Gasteiger partial charge in [0.05, 0.1) is 13.2 Å². The van der Waals surface area contributed by atoms with Gasteiger partial charge < -0.3 is 14.6 Å². The molecule has 2 aliphatic heterocycles. The van der Waals surface area contributed by atoms with E-state index in [1.165, 1.54) is 0 Å². The van der Waals surface area contributed by atoms with Crippen LogP contribution in [0.25, 0.3) is 0 Å². The van der Waals surface area contributed by atoms with E-state index in [1.807, 2.05) is 0 Å². The second-order valence-corrected chi connectivity index (χ2v) is 4.42. The van der Waals surface area contributed by atoms with E-state index in [0.29, 0.717) is 25.0 Å². The quantitative estimate of drug-likeness (QED) is 0.464. The van der Waals surface area contributed by atoms with Crippen LogP contribution in [0, 0.1) is 23.7 Å². The van der Waals surface area contributed by atoms with Crippen molar-refractivity contribution < 1.29 is 24.7 Å². The Morgan fingerprint density at radius 2 is 1.71 bits per heavy atom. The highest BCUT2D eigenvalue weighted by Gasteiger charge is 2.56. The highest BCUT2D eigenvalue weighted by Crippen LogP contribution is 2.51. The van der Waals surface area contributed by atoms with Crippen LogP contribution in [0.3, 0.4) is 0 Å². The molecule has 0 aromatic rings. The van der Waals surface area contributed by atoms with Crippen LogP contribution in [0.1, 0.15) is 6.42 Å². The molecule has 0 aromatic heterocycles. The number of aliphatic hydroxyl groups excluding tert-OH is 1. The third-order valence-electron chi connectivity index (χ3n) is 3.93. The smallest absolute Gasteiger partial charge is 0.194 e. The van der Waals surface area contributed by atoms with Crippen LogP contribution in [0.15, 0.2) is 0 Å². The van der Waals surface area contributed by atoms with Gasteiger partial charge in [-0.3, -0.25) is 0 Å². The maximum Gasteiger partial charge on any atom is 0.194 e. The van der Waals surface area contributed by atoms with Crippen molar-refractivity contribution in [3.8, 4) is 0 Å². The van der Waals surface area contributed by atoms with Gasteiger partial charge >= 0.3 is 0 Å². The zero-order valence-electron chi connectivity index (χ0n) is 7.70. The second-order valence-electron chi connectivity index (χ2n) is 4.42. The molecule has 0 spiro atoms. The molecule has 1 saturated carbocycles. The van der Waals surface area contributed by atoms with E-state index in [0.717, 1.165) is 6.42 Å². The van der Waals surface area contributed by atoms with Crippen LogP contribution in [0.2, 0.25) is 0 Å². The van der Waals surface area contributed by atoms with E-state index in [-0.39, 0.29) is 11.8 Å². The second kappa shape index (κ2) is 3.15. The van der Waals surface area contributed by atoms with E-state index in [2.05, 4.69) is 4.89 Å². The Morgan fingerprint density at radius 3 is 2.50 bits per heavy atom. The molecule has 0 aromatic carbocycles. The first-order valence-corrected chi connectivity index (χ1v) is 5.02. The monoisotopic (exact) mass is 202 g/mol. The van der Waals surface area contributed by atoms with Crippen molar-refractivity contribution in [2.45, 2.75) is 19.0 Å².